The Morgan fingerprint density at radius 1 is 0.478 bits per heavy atom. The SMILES string of the molecule is O.O=C([O-])CN(CCN(CC(=O)[O-])CC(=O)NCCNC(=O)CO/N=C/C(O)[C@@H](O)[C@H](O)C(O)CO)CCN(CC(=O)[O-])CC(=O)NCCNC(=O)CO/N=C/C(O)[C@@H](O)[C@H](O)C(O)CO.[Gd+3]. The zero-order valence-corrected chi connectivity index (χ0v) is 38.0. The molecule has 0 aliphatic carbocycles. The first-order valence-corrected chi connectivity index (χ1v) is 19.4. The normalized spacial score (nSPS) is 15.0. The Morgan fingerprint density at radius 3 is 1.06 bits per heavy atom. The van der Waals surface area contributed by atoms with Crippen molar-refractivity contribution in [2.24, 2.45) is 10.3 Å². The molecular weight excluding hydrogens is 1060 g/mol. The van der Waals surface area contributed by atoms with Gasteiger partial charge < -0.3 is 117 Å². The van der Waals surface area contributed by atoms with E-state index in [0.29, 0.717) is 12.4 Å². The zero-order valence-electron chi connectivity index (χ0n) is 35.8. The third kappa shape index (κ3) is 33.2. The van der Waals surface area contributed by atoms with E-state index in [2.05, 4.69) is 41.3 Å². The molecule has 0 aromatic heterocycles. The molecule has 0 fully saturated rings. The molecule has 1 radical (unpaired) electrons. The van der Waals surface area contributed by atoms with Gasteiger partial charge in [-0.3, -0.25) is 33.9 Å². The van der Waals surface area contributed by atoms with Crippen LogP contribution in [0.25, 0.3) is 0 Å². The zero-order chi connectivity index (χ0) is 49.5. The largest absolute Gasteiger partial charge is 3.00 e. The van der Waals surface area contributed by atoms with Crippen molar-refractivity contribution in [1.29, 1.82) is 0 Å². The van der Waals surface area contributed by atoms with Crippen LogP contribution >= 0.6 is 0 Å². The third-order valence-electron chi connectivity index (χ3n) is 8.33. The molecule has 0 bridgehead atoms. The van der Waals surface area contributed by atoms with E-state index in [1.165, 1.54) is 4.90 Å². The summed E-state index contributed by atoms with van der Waals surface area (Å²) in [6.45, 7) is -7.97. The van der Waals surface area contributed by atoms with E-state index in [4.69, 9.17) is 10.2 Å². The number of aliphatic hydroxyl groups excluding tert-OH is 10. The fraction of sp³-hybridized carbons (Fsp3) is 0.735. The van der Waals surface area contributed by atoms with E-state index in [0.717, 1.165) is 9.80 Å². The molecule has 0 aromatic rings. The first-order chi connectivity index (χ1) is 30.6. The molecule has 0 spiro atoms. The van der Waals surface area contributed by atoms with Crippen molar-refractivity contribution in [2.75, 3.05) is 112 Å². The number of carboxylic acid groups (broad SMARTS) is 3. The van der Waals surface area contributed by atoms with Crippen LogP contribution < -0.4 is 36.6 Å². The quantitative estimate of drug-likeness (QED) is 0.0155. The second kappa shape index (κ2) is 38.9. The maximum Gasteiger partial charge on any atom is 3.00 e. The smallest absolute Gasteiger partial charge is 0.549 e. The van der Waals surface area contributed by atoms with Gasteiger partial charge in [0.1, 0.15) is 48.8 Å². The van der Waals surface area contributed by atoms with E-state index < -0.39 is 150 Å². The summed E-state index contributed by atoms with van der Waals surface area (Å²) in [7, 11) is 0. The Morgan fingerprint density at radius 2 is 0.761 bits per heavy atom. The van der Waals surface area contributed by atoms with Gasteiger partial charge in [0, 0.05) is 72.0 Å². The van der Waals surface area contributed by atoms with E-state index in [-0.39, 0.29) is 97.8 Å². The summed E-state index contributed by atoms with van der Waals surface area (Å²) < 4.78 is 0. The molecule has 32 nitrogen and oxygen atoms in total. The Labute approximate surface area is 413 Å². The number of carboxylic acids is 3. The van der Waals surface area contributed by atoms with Crippen molar-refractivity contribution in [2.45, 2.75) is 48.8 Å². The molecule has 33 heteroatoms. The van der Waals surface area contributed by atoms with Crippen LogP contribution in [-0.2, 0) is 43.2 Å². The second-order valence-electron chi connectivity index (χ2n) is 13.7. The standard InChI is InChI=1S/C34H61N9O22.Gd.H2O/c44-16-22(48)33(62)31(60)20(46)9-39-64-18-26(52)37-3-1-35-24(50)11-42(14-29(56)57)7-5-41(13-28(54)55)6-8-43(15-30(58)59)12-25(51)36-2-4-38-27(53)19-65-40-10-21(47)32(61)34(63)23(49)17-45;;/h9-10,20-23,31-34,44-49,60-63H,1-8,11-19H2,(H,35,50)(H,36,51)(H,37,52)(H,38,53)(H,54,55)(H,56,57)(H,58,59);;1H2/q;+3;/p-3/b39-9+,40-10+;;/t20?,21?,22?,23?,31-,32-,33-,34-;;/m1../s1. The summed E-state index contributed by atoms with van der Waals surface area (Å²) in [5, 5.41) is 144. The van der Waals surface area contributed by atoms with Crippen LogP contribution in [0.5, 0.6) is 0 Å². The molecule has 0 rings (SSSR count). The molecular formula is C34H60GdN9O23. The van der Waals surface area contributed by atoms with Gasteiger partial charge in [0.25, 0.3) is 11.8 Å². The number of carbonyl (C=O) groups excluding carboxylic acids is 7. The van der Waals surface area contributed by atoms with Gasteiger partial charge in [-0.2, -0.15) is 0 Å². The van der Waals surface area contributed by atoms with Gasteiger partial charge in [-0.1, -0.05) is 10.3 Å². The molecule has 0 saturated heterocycles. The molecule has 0 aliphatic rings. The average molecular weight is 1120 g/mol. The van der Waals surface area contributed by atoms with Crippen LogP contribution in [0.4, 0.5) is 0 Å². The van der Waals surface area contributed by atoms with Crippen molar-refractivity contribution >= 4 is 54.0 Å². The Bertz CT molecular complexity index is 1420. The van der Waals surface area contributed by atoms with E-state index >= 15 is 0 Å². The molecule has 0 heterocycles. The van der Waals surface area contributed by atoms with Gasteiger partial charge in [0.05, 0.1) is 56.6 Å². The van der Waals surface area contributed by atoms with Crippen LogP contribution in [0.3, 0.4) is 0 Å². The predicted molar refractivity (Wildman–Crippen MR) is 211 cm³/mol. The van der Waals surface area contributed by atoms with Gasteiger partial charge in [-0.25, -0.2) is 0 Å². The number of hydrogen-bond donors (Lipinski definition) is 14. The maximum absolute atomic E-state index is 12.5. The molecule has 67 heavy (non-hydrogen) atoms. The Hall–Kier alpha value is -4.01. The molecule has 0 aliphatic heterocycles. The molecule has 8 atom stereocenters. The minimum absolute atomic E-state index is 0. The number of amides is 4. The number of aliphatic carboxylic acids is 3. The minimum atomic E-state index is -1.94. The molecule has 0 saturated carbocycles. The number of nitrogens with one attached hydrogen (secondary N) is 4. The van der Waals surface area contributed by atoms with Crippen molar-refractivity contribution in [3.63, 3.8) is 0 Å². The maximum atomic E-state index is 12.5. The summed E-state index contributed by atoms with van der Waals surface area (Å²) in [6.07, 6.45) is -13.7. The number of nitrogens with zero attached hydrogens (tertiary/aromatic N) is 5. The first kappa shape index (κ1) is 67.3. The summed E-state index contributed by atoms with van der Waals surface area (Å²) in [5.74, 6) is -7.66. The summed E-state index contributed by atoms with van der Waals surface area (Å²) >= 11 is 0. The van der Waals surface area contributed by atoms with Crippen molar-refractivity contribution in [1.82, 2.24) is 36.0 Å². The number of rotatable bonds is 38. The number of carbonyl (C=O) groups is 7. The average Bonchev–Trinajstić information content (AvgIpc) is 3.25. The van der Waals surface area contributed by atoms with Gasteiger partial charge in [-0.05, 0) is 0 Å². The van der Waals surface area contributed by atoms with Gasteiger partial charge in [0.15, 0.2) is 13.2 Å². The molecule has 387 valence electrons. The van der Waals surface area contributed by atoms with E-state index in [1.807, 2.05) is 0 Å². The number of aliphatic hydroxyl groups is 10. The van der Waals surface area contributed by atoms with Crippen LogP contribution in [-0.4, -0.2) is 286 Å². The molecule has 0 aromatic carbocycles. The van der Waals surface area contributed by atoms with Gasteiger partial charge in [0.2, 0.25) is 11.8 Å². The summed E-state index contributed by atoms with van der Waals surface area (Å²) in [4.78, 5) is 95.8. The van der Waals surface area contributed by atoms with Crippen molar-refractivity contribution in [3.05, 3.63) is 0 Å². The monoisotopic (exact) mass is 1120 g/mol. The van der Waals surface area contributed by atoms with Crippen LogP contribution in [0.2, 0.25) is 0 Å². The van der Waals surface area contributed by atoms with E-state index in [1.54, 1.807) is 0 Å². The second-order valence-corrected chi connectivity index (χ2v) is 13.7. The van der Waals surface area contributed by atoms with Gasteiger partial charge >= 0.3 is 39.9 Å². The number of oxime groups is 2. The van der Waals surface area contributed by atoms with E-state index in [9.17, 15) is 89.7 Å². The fourth-order valence-corrected chi connectivity index (χ4v) is 4.89. The van der Waals surface area contributed by atoms with Crippen molar-refractivity contribution < 1.29 is 155 Å². The van der Waals surface area contributed by atoms with Crippen LogP contribution in [0, 0.1) is 39.9 Å². The molecule has 4 amide bonds. The first-order valence-electron chi connectivity index (χ1n) is 19.4. The Kier molecular flexibility index (Phi) is 39.1. The molecule has 4 unspecified atom stereocenters. The minimum Gasteiger partial charge on any atom is -0.549 e. The van der Waals surface area contributed by atoms with Crippen molar-refractivity contribution in [3.8, 4) is 0 Å². The summed E-state index contributed by atoms with van der Waals surface area (Å²) in [6, 6.07) is 0. The van der Waals surface area contributed by atoms with Crippen LogP contribution in [0.15, 0.2) is 10.3 Å². The summed E-state index contributed by atoms with van der Waals surface area (Å²) in [5.41, 5.74) is 0. The van der Waals surface area contributed by atoms with Gasteiger partial charge in [-0.15, -0.1) is 0 Å². The predicted octanol–water partition coefficient (Wildman–Crippen LogP) is -16.3. The number of hydrogen-bond acceptors (Lipinski definition) is 27. The van der Waals surface area contributed by atoms with Crippen LogP contribution in [0.1, 0.15) is 0 Å². The topological polar surface area (TPSA) is 523 Å². The third-order valence-corrected chi connectivity index (χ3v) is 8.33. The molecule has 16 N–H and O–H groups in total. The Balaban J connectivity index is -0.0000205. The fourth-order valence-electron chi connectivity index (χ4n) is 4.89.